The van der Waals surface area contributed by atoms with Crippen molar-refractivity contribution >= 4 is 17.7 Å². The fourth-order valence-corrected chi connectivity index (χ4v) is 1.56. The fourth-order valence-electron chi connectivity index (χ4n) is 1.07. The monoisotopic (exact) mass is 228 g/mol. The van der Waals surface area contributed by atoms with Gasteiger partial charge in [0.15, 0.2) is 0 Å². The number of rotatable bonds is 6. The Hall–Kier alpha value is -1.01. The van der Waals surface area contributed by atoms with Crippen LogP contribution in [0.3, 0.4) is 0 Å². The second-order valence-corrected chi connectivity index (χ2v) is 4.17. The van der Waals surface area contributed by atoms with E-state index in [1.807, 2.05) is 6.26 Å². The molecule has 1 aromatic heterocycles. The third-order valence-corrected chi connectivity index (χ3v) is 2.62. The van der Waals surface area contributed by atoms with Gasteiger partial charge in [0, 0.05) is 6.20 Å². The molecule has 1 amide bonds. The molecule has 0 fully saturated rings. The lowest BCUT2D eigenvalue weighted by molar-refractivity contribution is -0.122. The van der Waals surface area contributed by atoms with E-state index in [0.717, 1.165) is 11.4 Å². The SMILES string of the molecule is CSCC[C@H](N)C(=O)NCc1cnc[nH]1. The number of nitrogens with one attached hydrogen (secondary N) is 2. The Kier molecular flexibility index (Phi) is 5.20. The summed E-state index contributed by atoms with van der Waals surface area (Å²) in [6.45, 7) is 0.450. The molecular formula is C9H16N4OS. The summed E-state index contributed by atoms with van der Waals surface area (Å²) in [4.78, 5) is 18.2. The Bertz CT molecular complexity index is 288. The minimum absolute atomic E-state index is 0.112. The predicted octanol–water partition coefficient (Wildman–Crippen LogP) is 0.106. The number of amides is 1. The van der Waals surface area contributed by atoms with E-state index >= 15 is 0 Å². The van der Waals surface area contributed by atoms with Gasteiger partial charge in [-0.15, -0.1) is 0 Å². The lowest BCUT2D eigenvalue weighted by Gasteiger charge is -2.10. The molecule has 1 atom stereocenters. The molecule has 0 saturated heterocycles. The maximum atomic E-state index is 11.5. The molecule has 1 rings (SSSR count). The van der Waals surface area contributed by atoms with E-state index in [9.17, 15) is 4.79 Å². The van der Waals surface area contributed by atoms with Crippen molar-refractivity contribution in [3.8, 4) is 0 Å². The number of nitrogens with two attached hydrogens (primary N) is 1. The van der Waals surface area contributed by atoms with Gasteiger partial charge in [0.1, 0.15) is 0 Å². The Morgan fingerprint density at radius 3 is 3.20 bits per heavy atom. The van der Waals surface area contributed by atoms with Crippen molar-refractivity contribution in [1.29, 1.82) is 0 Å². The summed E-state index contributed by atoms with van der Waals surface area (Å²) in [7, 11) is 0. The summed E-state index contributed by atoms with van der Waals surface area (Å²) in [5.74, 6) is 0.789. The molecule has 0 aliphatic carbocycles. The summed E-state index contributed by atoms with van der Waals surface area (Å²) in [5, 5.41) is 2.75. The van der Waals surface area contributed by atoms with Crippen LogP contribution in [0.5, 0.6) is 0 Å². The van der Waals surface area contributed by atoms with E-state index in [4.69, 9.17) is 5.73 Å². The minimum atomic E-state index is -0.416. The van der Waals surface area contributed by atoms with E-state index in [1.54, 1.807) is 24.3 Å². The molecule has 4 N–H and O–H groups in total. The molecule has 0 aliphatic heterocycles. The van der Waals surface area contributed by atoms with Crippen molar-refractivity contribution in [1.82, 2.24) is 15.3 Å². The van der Waals surface area contributed by atoms with Gasteiger partial charge in [-0.3, -0.25) is 4.79 Å². The highest BCUT2D eigenvalue weighted by atomic mass is 32.2. The minimum Gasteiger partial charge on any atom is -0.349 e. The summed E-state index contributed by atoms with van der Waals surface area (Å²) < 4.78 is 0. The second-order valence-electron chi connectivity index (χ2n) is 3.18. The van der Waals surface area contributed by atoms with Gasteiger partial charge in [-0.05, 0) is 18.4 Å². The van der Waals surface area contributed by atoms with E-state index in [2.05, 4.69) is 15.3 Å². The average Bonchev–Trinajstić information content (AvgIpc) is 2.75. The Morgan fingerprint density at radius 1 is 1.80 bits per heavy atom. The molecule has 0 aromatic carbocycles. The summed E-state index contributed by atoms with van der Waals surface area (Å²) in [6.07, 6.45) is 5.95. The molecule has 0 unspecified atom stereocenters. The van der Waals surface area contributed by atoms with Gasteiger partial charge in [0.05, 0.1) is 24.6 Å². The zero-order valence-corrected chi connectivity index (χ0v) is 9.51. The van der Waals surface area contributed by atoms with Crippen molar-refractivity contribution in [2.24, 2.45) is 5.73 Å². The summed E-state index contributed by atoms with van der Waals surface area (Å²) in [6, 6.07) is -0.416. The summed E-state index contributed by atoms with van der Waals surface area (Å²) >= 11 is 1.69. The fraction of sp³-hybridized carbons (Fsp3) is 0.556. The lowest BCUT2D eigenvalue weighted by Crippen LogP contribution is -2.40. The lowest BCUT2D eigenvalue weighted by atomic mass is 10.2. The van der Waals surface area contributed by atoms with Crippen molar-refractivity contribution in [2.75, 3.05) is 12.0 Å². The van der Waals surface area contributed by atoms with Crippen LogP contribution >= 0.6 is 11.8 Å². The van der Waals surface area contributed by atoms with E-state index in [1.165, 1.54) is 0 Å². The smallest absolute Gasteiger partial charge is 0.237 e. The van der Waals surface area contributed by atoms with Crippen molar-refractivity contribution in [3.63, 3.8) is 0 Å². The molecule has 84 valence electrons. The van der Waals surface area contributed by atoms with Crippen molar-refractivity contribution in [2.45, 2.75) is 19.0 Å². The number of thioether (sulfide) groups is 1. The van der Waals surface area contributed by atoms with Crippen molar-refractivity contribution in [3.05, 3.63) is 18.2 Å². The van der Waals surface area contributed by atoms with Gasteiger partial charge in [-0.2, -0.15) is 11.8 Å². The predicted molar refractivity (Wildman–Crippen MR) is 61.4 cm³/mol. The highest BCUT2D eigenvalue weighted by Crippen LogP contribution is 1.99. The van der Waals surface area contributed by atoms with Crippen LogP contribution in [0.4, 0.5) is 0 Å². The van der Waals surface area contributed by atoms with Crippen LogP contribution in [-0.4, -0.2) is 33.9 Å². The largest absolute Gasteiger partial charge is 0.349 e. The maximum absolute atomic E-state index is 11.5. The summed E-state index contributed by atoms with van der Waals surface area (Å²) in [5.41, 5.74) is 6.57. The zero-order chi connectivity index (χ0) is 11.1. The molecule has 15 heavy (non-hydrogen) atoms. The number of aromatic amines is 1. The molecule has 0 bridgehead atoms. The van der Waals surface area contributed by atoms with Gasteiger partial charge < -0.3 is 16.0 Å². The number of H-pyrrole nitrogens is 1. The topological polar surface area (TPSA) is 83.8 Å². The first-order valence-electron chi connectivity index (χ1n) is 4.73. The third-order valence-electron chi connectivity index (χ3n) is 1.98. The van der Waals surface area contributed by atoms with Crippen LogP contribution in [0.2, 0.25) is 0 Å². The first-order chi connectivity index (χ1) is 7.24. The number of hydrogen-bond acceptors (Lipinski definition) is 4. The normalized spacial score (nSPS) is 12.4. The van der Waals surface area contributed by atoms with E-state index in [-0.39, 0.29) is 5.91 Å². The zero-order valence-electron chi connectivity index (χ0n) is 8.69. The molecule has 0 spiro atoms. The number of aromatic nitrogens is 2. The van der Waals surface area contributed by atoms with Crippen LogP contribution in [0.1, 0.15) is 12.1 Å². The van der Waals surface area contributed by atoms with Crippen molar-refractivity contribution < 1.29 is 4.79 Å². The third kappa shape index (κ3) is 4.35. The average molecular weight is 228 g/mol. The highest BCUT2D eigenvalue weighted by molar-refractivity contribution is 7.98. The molecule has 1 heterocycles. The Labute approximate surface area is 93.2 Å². The maximum Gasteiger partial charge on any atom is 0.237 e. The second kappa shape index (κ2) is 6.47. The molecule has 1 aromatic rings. The number of carbonyl (C=O) groups excluding carboxylic acids is 1. The van der Waals surface area contributed by atoms with Crippen LogP contribution in [0, 0.1) is 0 Å². The van der Waals surface area contributed by atoms with Gasteiger partial charge in [-0.25, -0.2) is 4.98 Å². The number of carbonyl (C=O) groups is 1. The quantitative estimate of drug-likeness (QED) is 0.645. The van der Waals surface area contributed by atoms with Gasteiger partial charge in [0.25, 0.3) is 0 Å². The van der Waals surface area contributed by atoms with E-state index < -0.39 is 6.04 Å². The first kappa shape index (κ1) is 12.1. The van der Waals surface area contributed by atoms with Gasteiger partial charge >= 0.3 is 0 Å². The molecule has 5 nitrogen and oxygen atoms in total. The Morgan fingerprint density at radius 2 is 2.60 bits per heavy atom. The van der Waals surface area contributed by atoms with Crippen LogP contribution in [0.15, 0.2) is 12.5 Å². The molecule has 0 aliphatic rings. The van der Waals surface area contributed by atoms with Crippen LogP contribution in [0.25, 0.3) is 0 Å². The molecular weight excluding hydrogens is 212 g/mol. The van der Waals surface area contributed by atoms with E-state index in [0.29, 0.717) is 13.0 Å². The molecule has 0 radical (unpaired) electrons. The standard InChI is InChI=1S/C9H16N4OS/c1-15-3-2-8(10)9(14)12-5-7-4-11-6-13-7/h4,6,8H,2-3,5,10H2,1H3,(H,11,13)(H,12,14)/t8-/m0/s1. The van der Waals surface area contributed by atoms with Gasteiger partial charge in [0.2, 0.25) is 5.91 Å². The first-order valence-corrected chi connectivity index (χ1v) is 6.13. The number of nitrogens with zero attached hydrogens (tertiary/aromatic N) is 1. The van der Waals surface area contributed by atoms with Crippen LogP contribution in [-0.2, 0) is 11.3 Å². The highest BCUT2D eigenvalue weighted by Gasteiger charge is 2.12. The Balaban J connectivity index is 2.23. The molecule has 0 saturated carbocycles. The van der Waals surface area contributed by atoms with Gasteiger partial charge in [-0.1, -0.05) is 0 Å². The van der Waals surface area contributed by atoms with Crippen LogP contribution < -0.4 is 11.1 Å². The molecule has 6 heteroatoms. The number of imidazole rings is 1. The number of hydrogen-bond donors (Lipinski definition) is 3.